The van der Waals surface area contributed by atoms with E-state index in [9.17, 15) is 13.2 Å². The molecule has 3 saturated heterocycles. The van der Waals surface area contributed by atoms with Crippen LogP contribution in [0.3, 0.4) is 0 Å². The molecule has 3 atom stereocenters. The van der Waals surface area contributed by atoms with Gasteiger partial charge in [0.25, 0.3) is 5.91 Å². The molecule has 4 rings (SSSR count). The fraction of sp³-hybridized carbons (Fsp3) is 0.556. The molecule has 3 fully saturated rings. The summed E-state index contributed by atoms with van der Waals surface area (Å²) in [4.78, 5) is 18.8. The maximum atomic E-state index is 12.4. The van der Waals surface area contributed by atoms with Gasteiger partial charge in [0.1, 0.15) is 6.10 Å². The van der Waals surface area contributed by atoms with Crippen LogP contribution in [0.15, 0.2) is 35.3 Å². The molecule has 0 bridgehead atoms. The van der Waals surface area contributed by atoms with Gasteiger partial charge in [0.2, 0.25) is 0 Å². The Hall–Kier alpha value is -1.38. The van der Waals surface area contributed by atoms with Crippen LogP contribution in [0.2, 0.25) is 0 Å². The van der Waals surface area contributed by atoms with Crippen molar-refractivity contribution in [2.45, 2.75) is 36.7 Å². The van der Waals surface area contributed by atoms with Crippen molar-refractivity contribution in [3.8, 4) is 0 Å². The Morgan fingerprint density at radius 1 is 1.27 bits per heavy atom. The fourth-order valence-corrected chi connectivity index (χ4v) is 7.71. The van der Waals surface area contributed by atoms with Crippen molar-refractivity contribution in [1.82, 2.24) is 4.90 Å². The van der Waals surface area contributed by atoms with E-state index in [1.807, 2.05) is 23.1 Å². The number of amidine groups is 1. The van der Waals surface area contributed by atoms with Crippen LogP contribution in [0, 0.1) is 0 Å². The van der Waals surface area contributed by atoms with E-state index in [4.69, 9.17) is 4.74 Å². The molecule has 0 saturated carbocycles. The number of sulfone groups is 1. The van der Waals surface area contributed by atoms with Gasteiger partial charge in [0.05, 0.1) is 17.5 Å². The Bertz CT molecular complexity index is 804. The lowest BCUT2D eigenvalue weighted by atomic mass is 10.1. The third-order valence-electron chi connectivity index (χ3n) is 5.07. The van der Waals surface area contributed by atoms with Crippen molar-refractivity contribution in [2.75, 3.05) is 24.7 Å². The van der Waals surface area contributed by atoms with Gasteiger partial charge in [-0.25, -0.2) is 8.42 Å². The van der Waals surface area contributed by atoms with Gasteiger partial charge >= 0.3 is 0 Å². The molecule has 26 heavy (non-hydrogen) atoms. The molecule has 6 nitrogen and oxygen atoms in total. The van der Waals surface area contributed by atoms with Crippen LogP contribution in [0.5, 0.6) is 0 Å². The maximum Gasteiger partial charge on any atom is 0.277 e. The van der Waals surface area contributed by atoms with Crippen molar-refractivity contribution >= 4 is 32.7 Å². The summed E-state index contributed by atoms with van der Waals surface area (Å²) in [7, 11) is -3.02. The highest BCUT2D eigenvalue weighted by atomic mass is 32.2. The zero-order chi connectivity index (χ0) is 18.1. The number of nitrogens with zero attached hydrogens (tertiary/aromatic N) is 2. The lowest BCUT2D eigenvalue weighted by Gasteiger charge is -2.24. The third kappa shape index (κ3) is 3.82. The first kappa shape index (κ1) is 18.0. The molecular weight excluding hydrogens is 372 g/mol. The van der Waals surface area contributed by atoms with Gasteiger partial charge in [0.15, 0.2) is 15.0 Å². The normalized spacial score (nSPS) is 31.5. The number of amides is 1. The minimum Gasteiger partial charge on any atom is -0.368 e. The summed E-state index contributed by atoms with van der Waals surface area (Å²) in [5.41, 5.74) is 1.19. The van der Waals surface area contributed by atoms with E-state index >= 15 is 0 Å². The minimum atomic E-state index is -3.02. The highest BCUT2D eigenvalue weighted by Crippen LogP contribution is 2.38. The summed E-state index contributed by atoms with van der Waals surface area (Å²) >= 11 is 1.43. The quantitative estimate of drug-likeness (QED) is 0.770. The summed E-state index contributed by atoms with van der Waals surface area (Å²) in [6, 6.07) is 9.98. The first-order valence-electron chi connectivity index (χ1n) is 8.94. The van der Waals surface area contributed by atoms with E-state index < -0.39 is 15.9 Å². The van der Waals surface area contributed by atoms with Gasteiger partial charge in [-0.2, -0.15) is 4.99 Å². The highest BCUT2D eigenvalue weighted by Gasteiger charge is 2.48. The smallest absolute Gasteiger partial charge is 0.277 e. The summed E-state index contributed by atoms with van der Waals surface area (Å²) in [6.07, 6.45) is 1.95. The summed E-state index contributed by atoms with van der Waals surface area (Å²) < 4.78 is 29.5. The van der Waals surface area contributed by atoms with Gasteiger partial charge in [0, 0.05) is 18.4 Å². The standard InChI is InChI=1S/C18H22N2O4S2/c21-17(15-7-4-10-24-15)19-18-20(9-8-13-5-2-1-3-6-13)14-11-26(22,23)12-16(14)25-18/h1-3,5-6,14-16H,4,7-12H2/t14-,15-,16-/m0/s1. The monoisotopic (exact) mass is 394 g/mol. The zero-order valence-corrected chi connectivity index (χ0v) is 16.0. The molecule has 0 aliphatic carbocycles. The number of fused-ring (bicyclic) bond motifs is 1. The van der Waals surface area contributed by atoms with Crippen molar-refractivity contribution in [3.05, 3.63) is 35.9 Å². The number of carbonyl (C=O) groups excluding carboxylic acids is 1. The zero-order valence-electron chi connectivity index (χ0n) is 14.4. The van der Waals surface area contributed by atoms with Gasteiger partial charge < -0.3 is 9.64 Å². The molecule has 1 amide bonds. The van der Waals surface area contributed by atoms with Gasteiger partial charge in [-0.1, -0.05) is 42.1 Å². The number of ether oxygens (including phenoxy) is 1. The van der Waals surface area contributed by atoms with E-state index in [1.54, 1.807) is 0 Å². The molecule has 0 aromatic heterocycles. The molecule has 0 unspecified atom stereocenters. The Morgan fingerprint density at radius 3 is 2.81 bits per heavy atom. The number of hydrogen-bond acceptors (Lipinski definition) is 5. The minimum absolute atomic E-state index is 0.0354. The average Bonchev–Trinajstić information content (AvgIpc) is 3.29. The Labute approximate surface area is 157 Å². The van der Waals surface area contributed by atoms with Crippen LogP contribution >= 0.6 is 11.8 Å². The second-order valence-electron chi connectivity index (χ2n) is 6.96. The SMILES string of the molecule is O=C(N=C1S[C@H]2CS(=O)(=O)C[C@@H]2N1CCc1ccccc1)[C@@H]1CCCO1. The third-order valence-corrected chi connectivity index (χ3v) is 8.32. The van der Waals surface area contributed by atoms with Crippen LogP contribution < -0.4 is 0 Å². The molecule has 1 aromatic rings. The molecule has 140 valence electrons. The topological polar surface area (TPSA) is 76.0 Å². The van der Waals surface area contributed by atoms with Gasteiger partial charge in [-0.05, 0) is 24.8 Å². The van der Waals surface area contributed by atoms with Crippen molar-refractivity contribution in [1.29, 1.82) is 0 Å². The van der Waals surface area contributed by atoms with Gasteiger partial charge in [-0.15, -0.1) is 0 Å². The second-order valence-corrected chi connectivity index (χ2v) is 10.3. The Kier molecular flexibility index (Phi) is 5.07. The molecule has 3 aliphatic rings. The molecule has 3 heterocycles. The number of aliphatic imine (C=N–C) groups is 1. The van der Waals surface area contributed by atoms with Crippen LogP contribution in [-0.4, -0.2) is 66.4 Å². The van der Waals surface area contributed by atoms with E-state index in [1.165, 1.54) is 17.3 Å². The molecular formula is C18H22N2O4S2. The molecule has 8 heteroatoms. The predicted molar refractivity (Wildman–Crippen MR) is 102 cm³/mol. The fourth-order valence-electron chi connectivity index (χ4n) is 3.73. The predicted octanol–water partition coefficient (Wildman–Crippen LogP) is 1.51. The van der Waals surface area contributed by atoms with Gasteiger partial charge in [-0.3, -0.25) is 4.79 Å². The van der Waals surface area contributed by atoms with E-state index in [0.717, 1.165) is 12.8 Å². The number of thioether (sulfide) groups is 1. The van der Waals surface area contributed by atoms with Crippen LogP contribution in [0.4, 0.5) is 0 Å². The number of hydrogen-bond donors (Lipinski definition) is 0. The van der Waals surface area contributed by atoms with E-state index in [0.29, 0.717) is 24.7 Å². The molecule has 0 N–H and O–H groups in total. The lowest BCUT2D eigenvalue weighted by molar-refractivity contribution is -0.126. The number of carbonyl (C=O) groups is 1. The molecule has 0 spiro atoms. The molecule has 1 aromatic carbocycles. The molecule has 0 radical (unpaired) electrons. The van der Waals surface area contributed by atoms with Crippen LogP contribution in [0.1, 0.15) is 18.4 Å². The summed E-state index contributed by atoms with van der Waals surface area (Å²) in [5.74, 6) is 0.0710. The molecule has 3 aliphatic heterocycles. The van der Waals surface area contributed by atoms with Crippen LogP contribution in [0.25, 0.3) is 0 Å². The number of rotatable bonds is 4. The largest absolute Gasteiger partial charge is 0.368 e. The van der Waals surface area contributed by atoms with E-state index in [-0.39, 0.29) is 28.7 Å². The summed E-state index contributed by atoms with van der Waals surface area (Å²) in [5, 5.41) is 0.623. The second kappa shape index (κ2) is 7.32. The first-order valence-corrected chi connectivity index (χ1v) is 11.6. The van der Waals surface area contributed by atoms with Crippen molar-refractivity contribution in [3.63, 3.8) is 0 Å². The highest BCUT2D eigenvalue weighted by molar-refractivity contribution is 8.15. The number of benzene rings is 1. The van der Waals surface area contributed by atoms with Crippen LogP contribution in [-0.2, 0) is 25.8 Å². The van der Waals surface area contributed by atoms with E-state index in [2.05, 4.69) is 17.1 Å². The Balaban J connectivity index is 1.53. The maximum absolute atomic E-state index is 12.4. The van der Waals surface area contributed by atoms with Crippen molar-refractivity contribution < 1.29 is 17.9 Å². The lowest BCUT2D eigenvalue weighted by Crippen LogP contribution is -2.39. The Morgan fingerprint density at radius 2 is 2.08 bits per heavy atom. The average molecular weight is 395 g/mol. The first-order chi connectivity index (χ1) is 12.5. The summed E-state index contributed by atoms with van der Waals surface area (Å²) in [6.45, 7) is 1.26. The van der Waals surface area contributed by atoms with Crippen molar-refractivity contribution in [2.24, 2.45) is 4.99 Å².